The van der Waals surface area contributed by atoms with E-state index in [1.165, 1.54) is 12.1 Å². The van der Waals surface area contributed by atoms with Gasteiger partial charge in [-0.2, -0.15) is 11.8 Å². The molecule has 0 aromatic heterocycles. The number of thioether (sulfide) groups is 1. The number of hydrogen-bond donors (Lipinski definition) is 2. The number of phenolic OH excluding ortho intramolecular Hbond substituents is 1. The second-order valence-electron chi connectivity index (χ2n) is 9.42. The maximum Gasteiger partial charge on any atom is 0.257 e. The molecule has 2 fully saturated rings. The highest BCUT2D eigenvalue weighted by Crippen LogP contribution is 2.51. The number of fused-ring (bicyclic) bond motifs is 1. The summed E-state index contributed by atoms with van der Waals surface area (Å²) in [7, 11) is 0. The minimum absolute atomic E-state index is 0.0229. The van der Waals surface area contributed by atoms with E-state index in [2.05, 4.69) is 4.90 Å². The number of aliphatic hydroxyl groups excluding tert-OH is 1. The van der Waals surface area contributed by atoms with Crippen LogP contribution in [0.2, 0.25) is 0 Å². The molecule has 3 aliphatic heterocycles. The summed E-state index contributed by atoms with van der Waals surface area (Å²) >= 11 is 8.63. The Kier molecular flexibility index (Phi) is 7.34. The third kappa shape index (κ3) is 5.21. The molecule has 35 heavy (non-hydrogen) atoms. The molecule has 0 radical (unpaired) electrons. The summed E-state index contributed by atoms with van der Waals surface area (Å²) in [5.74, 6) is 2.91. The number of alkyl halides is 1. The second-order valence-corrected chi connectivity index (χ2v) is 11.1. The van der Waals surface area contributed by atoms with Gasteiger partial charge in [0.05, 0.1) is 5.56 Å². The van der Waals surface area contributed by atoms with Gasteiger partial charge in [0, 0.05) is 68.7 Å². The molecule has 0 saturated carbocycles. The number of rotatable bonds is 6. The number of aromatic hydroxyl groups is 1. The Labute approximate surface area is 215 Å². The topological polar surface area (TPSA) is 82.5 Å². The molecule has 5 rings (SSSR count). The van der Waals surface area contributed by atoms with Crippen LogP contribution in [0.15, 0.2) is 42.5 Å². The number of halogens is 1. The van der Waals surface area contributed by atoms with E-state index in [-0.39, 0.29) is 23.6 Å². The summed E-state index contributed by atoms with van der Waals surface area (Å²) in [5.41, 5.74) is 1.07. The van der Waals surface area contributed by atoms with Gasteiger partial charge in [0.1, 0.15) is 40.9 Å². The molecule has 0 unspecified atom stereocenters. The molecule has 0 aliphatic carbocycles. The summed E-state index contributed by atoms with van der Waals surface area (Å²) in [6.45, 7) is 3.39. The maximum absolute atomic E-state index is 13.0. The van der Waals surface area contributed by atoms with Gasteiger partial charge in [-0.3, -0.25) is 4.79 Å². The van der Waals surface area contributed by atoms with Crippen LogP contribution in [-0.2, 0) is 0 Å². The molecule has 0 bridgehead atoms. The lowest BCUT2D eigenvalue weighted by Gasteiger charge is -2.40. The largest absolute Gasteiger partial charge is 0.508 e. The quantitative estimate of drug-likeness (QED) is 0.566. The highest BCUT2D eigenvalue weighted by atomic mass is 35.5. The number of phenols is 1. The number of benzene rings is 2. The van der Waals surface area contributed by atoms with E-state index >= 15 is 0 Å². The van der Waals surface area contributed by atoms with Gasteiger partial charge in [-0.1, -0.05) is 18.2 Å². The number of β-amino-alcohol motifs (C(OH)–C–C–N with tert-alkyl or cyclic N) is 1. The van der Waals surface area contributed by atoms with Crippen LogP contribution in [0.3, 0.4) is 0 Å². The average Bonchev–Trinajstić information content (AvgIpc) is 3.15. The summed E-state index contributed by atoms with van der Waals surface area (Å²) in [6, 6.07) is 12.5. The zero-order valence-electron chi connectivity index (χ0n) is 19.6. The summed E-state index contributed by atoms with van der Waals surface area (Å²) in [5, 5.41) is 20.4. The van der Waals surface area contributed by atoms with Crippen molar-refractivity contribution in [3.63, 3.8) is 0 Å². The summed E-state index contributed by atoms with van der Waals surface area (Å²) in [6.07, 6.45) is 0.820. The Morgan fingerprint density at radius 2 is 1.91 bits per heavy atom. The fourth-order valence-corrected chi connectivity index (χ4v) is 6.43. The Bertz CT molecular complexity index is 1060. The van der Waals surface area contributed by atoms with Gasteiger partial charge in [-0.05, 0) is 18.2 Å². The number of amides is 1. The molecule has 1 spiro atoms. The van der Waals surface area contributed by atoms with Crippen molar-refractivity contribution in [3.8, 4) is 17.2 Å². The number of aliphatic hydroxyl groups is 1. The molecule has 2 saturated heterocycles. The first-order valence-electron chi connectivity index (χ1n) is 12.1. The monoisotopic (exact) mass is 518 g/mol. The van der Waals surface area contributed by atoms with Gasteiger partial charge in [0.2, 0.25) is 0 Å². The van der Waals surface area contributed by atoms with Crippen LogP contribution in [0.4, 0.5) is 0 Å². The molecule has 1 amide bonds. The van der Waals surface area contributed by atoms with Crippen molar-refractivity contribution in [2.24, 2.45) is 0 Å². The number of carbonyl (C=O) groups is 1. The normalized spacial score (nSPS) is 22.5. The lowest BCUT2D eigenvalue weighted by molar-refractivity contribution is -0.00449. The zero-order valence-corrected chi connectivity index (χ0v) is 21.1. The standard InChI is InChI=1S/C26H31ClN2O5S/c27-24-20-3-1-2-4-22(20)34-26(24)7-9-28(10-8-26)16-19(31)17-33-23-15-18(30)5-6-21(23)25(32)29-11-13-35-14-12-29/h1-6,15,19,24,30-31H,7-14,16-17H2/t19-,24-/m0/s1. The van der Waals surface area contributed by atoms with Crippen molar-refractivity contribution < 1.29 is 24.5 Å². The molecule has 2 N–H and O–H groups in total. The molecular weight excluding hydrogens is 488 g/mol. The average molecular weight is 519 g/mol. The van der Waals surface area contributed by atoms with Crippen LogP contribution < -0.4 is 9.47 Å². The number of likely N-dealkylation sites (tertiary alicyclic amines) is 1. The maximum atomic E-state index is 13.0. The number of piperidine rings is 1. The van der Waals surface area contributed by atoms with Gasteiger partial charge in [-0.25, -0.2) is 0 Å². The van der Waals surface area contributed by atoms with Crippen LogP contribution in [0.1, 0.15) is 34.1 Å². The van der Waals surface area contributed by atoms with Crippen molar-refractivity contribution in [1.82, 2.24) is 9.80 Å². The zero-order chi connectivity index (χ0) is 24.4. The SMILES string of the molecule is O=C(c1ccc(O)cc1OC[C@@H](O)CN1CCC2(CC1)Oc1ccccc1[C@@H]2Cl)N1CCSCC1. The lowest BCUT2D eigenvalue weighted by atomic mass is 9.86. The molecule has 2 aromatic carbocycles. The first kappa shape index (κ1) is 24.6. The van der Waals surface area contributed by atoms with Crippen LogP contribution in [0, 0.1) is 0 Å². The third-order valence-corrected chi connectivity index (χ3v) is 8.64. The second kappa shape index (κ2) is 10.5. The van der Waals surface area contributed by atoms with E-state index in [4.69, 9.17) is 21.1 Å². The summed E-state index contributed by atoms with van der Waals surface area (Å²) in [4.78, 5) is 17.0. The molecule has 7 nitrogen and oxygen atoms in total. The Balaban J connectivity index is 1.15. The molecular formula is C26H31ClN2O5S. The Hall–Kier alpha value is -2.13. The highest BCUT2D eigenvalue weighted by molar-refractivity contribution is 7.99. The highest BCUT2D eigenvalue weighted by Gasteiger charge is 2.49. The summed E-state index contributed by atoms with van der Waals surface area (Å²) < 4.78 is 12.1. The predicted octanol–water partition coefficient (Wildman–Crippen LogP) is 3.53. The minimum Gasteiger partial charge on any atom is -0.508 e. The van der Waals surface area contributed by atoms with Crippen LogP contribution in [0.5, 0.6) is 17.2 Å². The van der Waals surface area contributed by atoms with Gasteiger partial charge in [0.25, 0.3) is 5.91 Å². The van der Waals surface area contributed by atoms with E-state index in [0.29, 0.717) is 30.9 Å². The van der Waals surface area contributed by atoms with Crippen molar-refractivity contribution in [1.29, 1.82) is 0 Å². The van der Waals surface area contributed by atoms with Crippen LogP contribution in [-0.4, -0.2) is 88.5 Å². The van der Waals surface area contributed by atoms with Gasteiger partial charge in [0.15, 0.2) is 0 Å². The lowest BCUT2D eigenvalue weighted by Crippen LogP contribution is -2.50. The molecule has 9 heteroatoms. The van der Waals surface area contributed by atoms with Crippen LogP contribution in [0.25, 0.3) is 0 Å². The van der Waals surface area contributed by atoms with E-state index in [1.54, 1.807) is 6.07 Å². The van der Waals surface area contributed by atoms with E-state index in [0.717, 1.165) is 48.7 Å². The molecule has 2 atom stereocenters. The fraction of sp³-hybridized carbons (Fsp3) is 0.500. The van der Waals surface area contributed by atoms with E-state index in [9.17, 15) is 15.0 Å². The van der Waals surface area contributed by atoms with Crippen LogP contribution >= 0.6 is 23.4 Å². The van der Waals surface area contributed by atoms with Crippen molar-refractivity contribution in [2.45, 2.75) is 29.9 Å². The Morgan fingerprint density at radius 3 is 2.66 bits per heavy atom. The van der Waals surface area contributed by atoms with E-state index in [1.807, 2.05) is 40.9 Å². The minimum atomic E-state index is -0.741. The number of hydrogen-bond acceptors (Lipinski definition) is 7. The molecule has 2 aromatic rings. The third-order valence-electron chi connectivity index (χ3n) is 7.06. The predicted molar refractivity (Wildman–Crippen MR) is 137 cm³/mol. The Morgan fingerprint density at radius 1 is 1.17 bits per heavy atom. The van der Waals surface area contributed by atoms with Crippen molar-refractivity contribution >= 4 is 29.3 Å². The van der Waals surface area contributed by atoms with Crippen molar-refractivity contribution in [2.75, 3.05) is 50.8 Å². The molecule has 3 aliphatic rings. The number of carbonyl (C=O) groups excluding carboxylic acids is 1. The van der Waals surface area contributed by atoms with E-state index < -0.39 is 11.7 Å². The number of para-hydroxylation sites is 1. The van der Waals surface area contributed by atoms with Gasteiger partial charge in [-0.15, -0.1) is 11.6 Å². The molecule has 3 heterocycles. The number of nitrogens with zero attached hydrogens (tertiary/aromatic N) is 2. The first-order chi connectivity index (χ1) is 16.9. The fourth-order valence-electron chi connectivity index (χ4n) is 5.09. The smallest absolute Gasteiger partial charge is 0.257 e. The number of ether oxygens (including phenoxy) is 2. The van der Waals surface area contributed by atoms with Gasteiger partial charge >= 0.3 is 0 Å². The first-order valence-corrected chi connectivity index (χ1v) is 13.7. The van der Waals surface area contributed by atoms with Gasteiger partial charge < -0.3 is 29.5 Å². The molecule has 188 valence electrons. The van der Waals surface area contributed by atoms with Crippen molar-refractivity contribution in [3.05, 3.63) is 53.6 Å².